The first kappa shape index (κ1) is 20.0. The van der Waals surface area contributed by atoms with Crippen LogP contribution in [-0.2, 0) is 6.54 Å². The quantitative estimate of drug-likeness (QED) is 0.615. The average Bonchev–Trinajstić information content (AvgIpc) is 3.15. The zero-order valence-corrected chi connectivity index (χ0v) is 17.4. The Hall–Kier alpha value is -2.70. The summed E-state index contributed by atoms with van der Waals surface area (Å²) in [5.41, 5.74) is 3.77. The summed E-state index contributed by atoms with van der Waals surface area (Å²) in [5.74, 6) is -0.0427. The van der Waals surface area contributed by atoms with Crippen LogP contribution in [0.1, 0.15) is 21.6 Å². The summed E-state index contributed by atoms with van der Waals surface area (Å²) in [6.45, 7) is 4.08. The Morgan fingerprint density at radius 1 is 1.04 bits per heavy atom. The first-order valence-electron chi connectivity index (χ1n) is 9.28. The maximum atomic E-state index is 13.1. The Labute approximate surface area is 170 Å². The number of anilines is 2. The standard InChI is InChI=1S/C22H26N4OS/c1-17-9-11-19(12-10-17)23-22-24-20(16-28-22)21(27)26(14-13-25(2)3)15-18-7-5-4-6-8-18/h4-12,16H,13-15H2,1-3H3,(H,23,24). The van der Waals surface area contributed by atoms with Gasteiger partial charge in [-0.3, -0.25) is 4.79 Å². The maximum absolute atomic E-state index is 13.1. The van der Waals surface area contributed by atoms with Crippen molar-refractivity contribution in [1.29, 1.82) is 0 Å². The van der Waals surface area contributed by atoms with Gasteiger partial charge < -0.3 is 15.1 Å². The van der Waals surface area contributed by atoms with Gasteiger partial charge in [0.05, 0.1) is 0 Å². The Morgan fingerprint density at radius 2 is 1.75 bits per heavy atom. The number of likely N-dealkylation sites (N-methyl/N-ethyl adjacent to an activating group) is 1. The zero-order chi connectivity index (χ0) is 19.9. The molecular weight excluding hydrogens is 368 g/mol. The van der Waals surface area contributed by atoms with Crippen LogP contribution in [-0.4, -0.2) is 47.9 Å². The molecule has 0 atom stereocenters. The van der Waals surface area contributed by atoms with Crippen molar-refractivity contribution in [3.63, 3.8) is 0 Å². The van der Waals surface area contributed by atoms with Crippen LogP contribution in [0.5, 0.6) is 0 Å². The third-order valence-corrected chi connectivity index (χ3v) is 5.10. The molecular formula is C22H26N4OS. The van der Waals surface area contributed by atoms with Crippen molar-refractivity contribution in [3.8, 4) is 0 Å². The van der Waals surface area contributed by atoms with Crippen LogP contribution in [0.2, 0.25) is 0 Å². The number of thiazole rings is 1. The highest BCUT2D eigenvalue weighted by Crippen LogP contribution is 2.22. The summed E-state index contributed by atoms with van der Waals surface area (Å²) in [4.78, 5) is 21.6. The first-order chi connectivity index (χ1) is 13.5. The molecule has 6 heteroatoms. The predicted octanol–water partition coefficient (Wildman–Crippen LogP) is 4.40. The largest absolute Gasteiger partial charge is 0.332 e. The predicted molar refractivity (Wildman–Crippen MR) is 116 cm³/mol. The molecule has 5 nitrogen and oxygen atoms in total. The molecule has 0 saturated carbocycles. The summed E-state index contributed by atoms with van der Waals surface area (Å²) in [7, 11) is 4.02. The normalized spacial score (nSPS) is 10.9. The third kappa shape index (κ3) is 5.65. The Kier molecular flexibility index (Phi) is 6.79. The van der Waals surface area contributed by atoms with E-state index in [9.17, 15) is 4.79 Å². The van der Waals surface area contributed by atoms with Crippen LogP contribution in [0.3, 0.4) is 0 Å². The first-order valence-corrected chi connectivity index (χ1v) is 10.2. The molecule has 0 radical (unpaired) electrons. The number of rotatable bonds is 8. The van der Waals surface area contributed by atoms with Crippen LogP contribution in [0.15, 0.2) is 60.0 Å². The molecule has 1 aromatic heterocycles. The summed E-state index contributed by atoms with van der Waals surface area (Å²) in [6.07, 6.45) is 0. The smallest absolute Gasteiger partial charge is 0.273 e. The van der Waals surface area contributed by atoms with Gasteiger partial charge in [-0.25, -0.2) is 4.98 Å². The number of aromatic nitrogens is 1. The fourth-order valence-electron chi connectivity index (χ4n) is 2.73. The monoisotopic (exact) mass is 394 g/mol. The van der Waals surface area contributed by atoms with E-state index in [2.05, 4.69) is 22.1 Å². The van der Waals surface area contributed by atoms with Gasteiger partial charge in [-0.2, -0.15) is 0 Å². The topological polar surface area (TPSA) is 48.5 Å². The van der Waals surface area contributed by atoms with Crippen molar-refractivity contribution in [1.82, 2.24) is 14.8 Å². The molecule has 0 bridgehead atoms. The van der Waals surface area contributed by atoms with E-state index in [1.54, 1.807) is 0 Å². The number of hydrogen-bond acceptors (Lipinski definition) is 5. The van der Waals surface area contributed by atoms with Gasteiger partial charge in [-0.05, 0) is 38.7 Å². The molecule has 0 spiro atoms. The van der Waals surface area contributed by atoms with E-state index < -0.39 is 0 Å². The highest BCUT2D eigenvalue weighted by molar-refractivity contribution is 7.14. The van der Waals surface area contributed by atoms with Gasteiger partial charge >= 0.3 is 0 Å². The van der Waals surface area contributed by atoms with Crippen molar-refractivity contribution in [3.05, 3.63) is 76.8 Å². The number of amides is 1. The van der Waals surface area contributed by atoms with Gasteiger partial charge in [0.15, 0.2) is 5.13 Å². The molecule has 0 fully saturated rings. The number of aryl methyl sites for hydroxylation is 1. The Bertz CT molecular complexity index is 890. The maximum Gasteiger partial charge on any atom is 0.273 e. The molecule has 1 heterocycles. The highest BCUT2D eigenvalue weighted by Gasteiger charge is 2.19. The fourth-order valence-corrected chi connectivity index (χ4v) is 3.43. The van der Waals surface area contributed by atoms with Gasteiger partial charge in [0.25, 0.3) is 5.91 Å². The lowest BCUT2D eigenvalue weighted by molar-refractivity contribution is 0.0727. The number of carbonyl (C=O) groups excluding carboxylic acids is 1. The number of nitrogens with one attached hydrogen (secondary N) is 1. The molecule has 0 aliphatic rings. The van der Waals surface area contributed by atoms with E-state index >= 15 is 0 Å². The lowest BCUT2D eigenvalue weighted by Crippen LogP contribution is -2.36. The van der Waals surface area contributed by atoms with Gasteiger partial charge in [-0.15, -0.1) is 11.3 Å². The highest BCUT2D eigenvalue weighted by atomic mass is 32.1. The summed E-state index contributed by atoms with van der Waals surface area (Å²) < 4.78 is 0. The second-order valence-electron chi connectivity index (χ2n) is 7.04. The molecule has 3 rings (SSSR count). The minimum Gasteiger partial charge on any atom is -0.332 e. The van der Waals surface area contributed by atoms with Crippen LogP contribution < -0.4 is 5.32 Å². The van der Waals surface area contributed by atoms with Gasteiger partial charge in [0, 0.05) is 30.7 Å². The number of nitrogens with zero attached hydrogens (tertiary/aromatic N) is 3. The minimum atomic E-state index is -0.0427. The Morgan fingerprint density at radius 3 is 2.43 bits per heavy atom. The lowest BCUT2D eigenvalue weighted by Gasteiger charge is -2.24. The lowest BCUT2D eigenvalue weighted by atomic mass is 10.2. The second kappa shape index (κ2) is 9.48. The zero-order valence-electron chi connectivity index (χ0n) is 16.6. The molecule has 0 aliphatic heterocycles. The molecule has 1 N–H and O–H groups in total. The van der Waals surface area contributed by atoms with Crippen molar-refractivity contribution in [2.24, 2.45) is 0 Å². The van der Waals surface area contributed by atoms with Crippen LogP contribution >= 0.6 is 11.3 Å². The van der Waals surface area contributed by atoms with Gasteiger partial charge in [-0.1, -0.05) is 48.0 Å². The molecule has 146 valence electrons. The van der Waals surface area contributed by atoms with E-state index in [0.717, 1.165) is 22.9 Å². The van der Waals surface area contributed by atoms with E-state index in [4.69, 9.17) is 0 Å². The van der Waals surface area contributed by atoms with E-state index in [-0.39, 0.29) is 5.91 Å². The van der Waals surface area contributed by atoms with Crippen LogP contribution in [0.4, 0.5) is 10.8 Å². The Balaban J connectivity index is 1.72. The van der Waals surface area contributed by atoms with Crippen molar-refractivity contribution in [2.75, 3.05) is 32.5 Å². The molecule has 0 saturated heterocycles. The summed E-state index contributed by atoms with van der Waals surface area (Å²) in [5, 5.41) is 5.82. The van der Waals surface area contributed by atoms with Crippen LogP contribution in [0.25, 0.3) is 0 Å². The second-order valence-corrected chi connectivity index (χ2v) is 7.90. The SMILES string of the molecule is Cc1ccc(Nc2nc(C(=O)N(CCN(C)C)Cc3ccccc3)cs2)cc1. The van der Waals surface area contributed by atoms with E-state index in [1.165, 1.54) is 16.9 Å². The van der Waals surface area contributed by atoms with Crippen molar-refractivity contribution >= 4 is 28.1 Å². The third-order valence-electron chi connectivity index (χ3n) is 4.35. The molecule has 28 heavy (non-hydrogen) atoms. The molecule has 2 aromatic carbocycles. The summed E-state index contributed by atoms with van der Waals surface area (Å²) >= 11 is 1.44. The summed E-state index contributed by atoms with van der Waals surface area (Å²) in [6, 6.07) is 18.2. The van der Waals surface area contributed by atoms with Crippen molar-refractivity contribution < 1.29 is 4.79 Å². The van der Waals surface area contributed by atoms with E-state index in [1.807, 2.05) is 79.0 Å². The average molecular weight is 395 g/mol. The van der Waals surface area contributed by atoms with Crippen LogP contribution in [0, 0.1) is 6.92 Å². The van der Waals surface area contributed by atoms with E-state index in [0.29, 0.717) is 18.8 Å². The number of hydrogen-bond donors (Lipinski definition) is 1. The van der Waals surface area contributed by atoms with Crippen molar-refractivity contribution in [2.45, 2.75) is 13.5 Å². The molecule has 0 aliphatic carbocycles. The molecule has 3 aromatic rings. The van der Waals surface area contributed by atoms with Gasteiger partial charge in [0.2, 0.25) is 0 Å². The minimum absolute atomic E-state index is 0.0427. The fraction of sp³-hybridized carbons (Fsp3) is 0.273. The molecule has 1 amide bonds. The number of benzene rings is 2. The molecule has 0 unspecified atom stereocenters. The number of carbonyl (C=O) groups is 1. The van der Waals surface area contributed by atoms with Gasteiger partial charge in [0.1, 0.15) is 5.69 Å².